The third kappa shape index (κ3) is 4.23. The van der Waals surface area contributed by atoms with E-state index < -0.39 is 6.04 Å². The zero-order valence-corrected chi connectivity index (χ0v) is 10.5. The maximum Gasteiger partial charge on any atom is 1.00 e. The Balaban J connectivity index is 0.00000169. The number of hydroxylamine groups is 1. The van der Waals surface area contributed by atoms with Gasteiger partial charge >= 0.3 is 29.6 Å². The van der Waals surface area contributed by atoms with Gasteiger partial charge in [0.05, 0.1) is 6.61 Å². The van der Waals surface area contributed by atoms with Crippen molar-refractivity contribution in [2.45, 2.75) is 19.9 Å². The quantitative estimate of drug-likeness (QED) is 0.403. The number of nitrogens with zero attached hydrogens (tertiary/aromatic N) is 1. The molecule has 0 radical (unpaired) electrons. The molecular formula is C8H11N2NaO3. The molecule has 1 saturated heterocycles. The molecule has 6 heteroatoms. The number of carbonyl (C=O) groups is 2. The molecule has 0 spiro atoms. The van der Waals surface area contributed by atoms with E-state index in [1.165, 1.54) is 13.0 Å². The van der Waals surface area contributed by atoms with Crippen LogP contribution in [0.15, 0.2) is 11.8 Å². The molecule has 0 aromatic heterocycles. The van der Waals surface area contributed by atoms with Crippen LogP contribution in [0.1, 0.15) is 13.8 Å². The van der Waals surface area contributed by atoms with Crippen LogP contribution in [-0.4, -0.2) is 24.3 Å². The second-order valence-corrected chi connectivity index (χ2v) is 2.82. The molecule has 1 rings (SSSR count). The Labute approximate surface area is 105 Å². The zero-order chi connectivity index (χ0) is 9.84. The SMILES string of the molecule is CC(=O)/C=C(\C)[N-][C@@H]1CONC1=O.[Na+]. The van der Waals surface area contributed by atoms with Crippen LogP contribution in [0.5, 0.6) is 0 Å². The second-order valence-electron chi connectivity index (χ2n) is 2.82. The van der Waals surface area contributed by atoms with Crippen molar-refractivity contribution in [2.75, 3.05) is 6.61 Å². The van der Waals surface area contributed by atoms with Gasteiger partial charge in [-0.3, -0.25) is 14.4 Å². The molecule has 0 aromatic carbocycles. The molecule has 1 N–H and O–H groups in total. The van der Waals surface area contributed by atoms with Gasteiger partial charge in [0.1, 0.15) is 0 Å². The Hall–Kier alpha value is -0.360. The monoisotopic (exact) mass is 206 g/mol. The molecule has 5 nitrogen and oxygen atoms in total. The van der Waals surface area contributed by atoms with Gasteiger partial charge in [0, 0.05) is 0 Å². The summed E-state index contributed by atoms with van der Waals surface area (Å²) >= 11 is 0. The van der Waals surface area contributed by atoms with Gasteiger partial charge in [-0.25, -0.2) is 5.48 Å². The third-order valence-electron chi connectivity index (χ3n) is 1.49. The molecule has 0 bridgehead atoms. The fourth-order valence-electron chi connectivity index (χ4n) is 1.01. The molecule has 1 atom stereocenters. The predicted octanol–water partition coefficient (Wildman–Crippen LogP) is -2.71. The molecule has 0 unspecified atom stereocenters. The minimum atomic E-state index is -0.518. The van der Waals surface area contributed by atoms with E-state index in [9.17, 15) is 9.59 Å². The summed E-state index contributed by atoms with van der Waals surface area (Å²) in [4.78, 5) is 26.3. The van der Waals surface area contributed by atoms with Crippen molar-refractivity contribution in [1.82, 2.24) is 5.48 Å². The summed E-state index contributed by atoms with van der Waals surface area (Å²) in [6, 6.07) is -0.518. The summed E-state index contributed by atoms with van der Waals surface area (Å²) < 4.78 is 0. The van der Waals surface area contributed by atoms with Gasteiger partial charge in [0.25, 0.3) is 0 Å². The topological polar surface area (TPSA) is 69.5 Å². The largest absolute Gasteiger partial charge is 1.00 e. The summed E-state index contributed by atoms with van der Waals surface area (Å²) in [6.45, 7) is 3.33. The molecule has 14 heavy (non-hydrogen) atoms. The standard InChI is InChI=1S/C8H12N2O3.Na/c1-5(3-6(2)11)9-7-4-13-10-8(7)12;/h3,7H,4H2,1-2H3,(H2,9,10,11,12);/q;+1/p-1/t7-;/m1./s1. The van der Waals surface area contributed by atoms with Crippen LogP contribution in [0.2, 0.25) is 0 Å². The Morgan fingerprint density at radius 3 is 2.71 bits per heavy atom. The summed E-state index contributed by atoms with van der Waals surface area (Å²) in [7, 11) is 0. The van der Waals surface area contributed by atoms with Gasteiger partial charge in [0.15, 0.2) is 5.78 Å². The van der Waals surface area contributed by atoms with Crippen LogP contribution in [0.25, 0.3) is 5.32 Å². The molecule has 1 fully saturated rings. The van der Waals surface area contributed by atoms with Crippen molar-refractivity contribution in [1.29, 1.82) is 0 Å². The van der Waals surface area contributed by atoms with Gasteiger partial charge in [-0.1, -0.05) is 6.92 Å². The predicted molar refractivity (Wildman–Crippen MR) is 45.7 cm³/mol. The van der Waals surface area contributed by atoms with E-state index in [1.54, 1.807) is 6.92 Å². The van der Waals surface area contributed by atoms with Crippen LogP contribution in [-0.2, 0) is 14.4 Å². The van der Waals surface area contributed by atoms with Crippen molar-refractivity contribution in [3.8, 4) is 0 Å². The van der Waals surface area contributed by atoms with Crippen molar-refractivity contribution >= 4 is 11.7 Å². The van der Waals surface area contributed by atoms with Crippen LogP contribution in [0, 0.1) is 0 Å². The molecular weight excluding hydrogens is 195 g/mol. The first-order valence-electron chi connectivity index (χ1n) is 3.91. The number of rotatable bonds is 3. The number of ketones is 1. The summed E-state index contributed by atoms with van der Waals surface area (Å²) in [5.41, 5.74) is 2.72. The van der Waals surface area contributed by atoms with Crippen LogP contribution in [0.3, 0.4) is 0 Å². The molecule has 72 valence electrons. The molecule has 1 heterocycles. The van der Waals surface area contributed by atoms with Crippen molar-refractivity contribution in [3.63, 3.8) is 0 Å². The Bertz CT molecular complexity index is 265. The van der Waals surface area contributed by atoms with Gasteiger partial charge in [-0.05, 0) is 19.0 Å². The van der Waals surface area contributed by atoms with Crippen LogP contribution < -0.4 is 35.0 Å². The number of amides is 1. The number of hydrogen-bond acceptors (Lipinski definition) is 3. The average molecular weight is 206 g/mol. The molecule has 0 aliphatic carbocycles. The second kappa shape index (κ2) is 6.19. The maximum atomic E-state index is 11.0. The van der Waals surface area contributed by atoms with Crippen LogP contribution >= 0.6 is 0 Å². The van der Waals surface area contributed by atoms with Crippen molar-refractivity contribution in [2.24, 2.45) is 0 Å². The summed E-state index contributed by atoms with van der Waals surface area (Å²) in [6.07, 6.45) is 1.38. The van der Waals surface area contributed by atoms with Gasteiger partial charge in [0.2, 0.25) is 5.91 Å². The molecule has 1 aliphatic heterocycles. The smallest absolute Gasteiger partial charge is 0.676 e. The van der Waals surface area contributed by atoms with E-state index >= 15 is 0 Å². The van der Waals surface area contributed by atoms with E-state index in [0.717, 1.165) is 0 Å². The Morgan fingerprint density at radius 2 is 2.29 bits per heavy atom. The van der Waals surface area contributed by atoms with E-state index in [4.69, 9.17) is 0 Å². The molecule has 0 saturated carbocycles. The van der Waals surface area contributed by atoms with Gasteiger partial charge in [-0.15, -0.1) is 0 Å². The number of allylic oxidation sites excluding steroid dienone is 2. The van der Waals surface area contributed by atoms with E-state index in [1.807, 2.05) is 0 Å². The average Bonchev–Trinajstić information content (AvgIpc) is 2.34. The molecule has 1 amide bonds. The molecule has 0 aromatic rings. The normalized spacial score (nSPS) is 21.1. The number of hydrogen-bond donors (Lipinski definition) is 1. The fraction of sp³-hybridized carbons (Fsp3) is 0.500. The van der Waals surface area contributed by atoms with Crippen molar-refractivity contribution < 1.29 is 44.0 Å². The molecule has 1 aliphatic rings. The number of nitrogens with one attached hydrogen (secondary N) is 1. The van der Waals surface area contributed by atoms with Gasteiger partial charge in [-0.2, -0.15) is 5.70 Å². The summed E-state index contributed by atoms with van der Waals surface area (Å²) in [5.74, 6) is -0.350. The van der Waals surface area contributed by atoms with Crippen molar-refractivity contribution in [3.05, 3.63) is 17.1 Å². The van der Waals surface area contributed by atoms with E-state index in [-0.39, 0.29) is 47.9 Å². The first-order chi connectivity index (χ1) is 6.09. The maximum absolute atomic E-state index is 11.0. The first kappa shape index (κ1) is 13.6. The minimum Gasteiger partial charge on any atom is -0.676 e. The third-order valence-corrected chi connectivity index (χ3v) is 1.49. The Kier molecular flexibility index (Phi) is 6.03. The number of carbonyl (C=O) groups excluding carboxylic acids is 2. The fourth-order valence-corrected chi connectivity index (χ4v) is 1.01. The zero-order valence-electron chi connectivity index (χ0n) is 8.53. The van der Waals surface area contributed by atoms with E-state index in [0.29, 0.717) is 5.70 Å². The van der Waals surface area contributed by atoms with E-state index in [2.05, 4.69) is 15.6 Å². The Morgan fingerprint density at radius 1 is 1.64 bits per heavy atom. The van der Waals surface area contributed by atoms with Crippen LogP contribution in [0.4, 0.5) is 0 Å². The van der Waals surface area contributed by atoms with Gasteiger partial charge < -0.3 is 5.32 Å². The summed E-state index contributed by atoms with van der Waals surface area (Å²) in [5, 5.41) is 4.00. The minimum absolute atomic E-state index is 0. The first-order valence-corrected chi connectivity index (χ1v) is 3.91.